The monoisotopic (exact) mass is 415 g/mol. The number of amides is 1. The van der Waals surface area contributed by atoms with Crippen molar-refractivity contribution in [2.45, 2.75) is 26.3 Å². The molecule has 0 saturated carbocycles. The molecule has 0 bridgehead atoms. The highest BCUT2D eigenvalue weighted by Gasteiger charge is 2.19. The van der Waals surface area contributed by atoms with Crippen molar-refractivity contribution >= 4 is 38.8 Å². The van der Waals surface area contributed by atoms with Crippen molar-refractivity contribution in [1.29, 1.82) is 0 Å². The summed E-state index contributed by atoms with van der Waals surface area (Å²) in [7, 11) is 0. The summed E-state index contributed by atoms with van der Waals surface area (Å²) in [5.74, 6) is -0.0190. The van der Waals surface area contributed by atoms with Gasteiger partial charge in [0.2, 0.25) is 0 Å². The average molecular weight is 416 g/mol. The van der Waals surface area contributed by atoms with Crippen LogP contribution in [-0.2, 0) is 6.54 Å². The molecule has 0 aliphatic rings. The van der Waals surface area contributed by atoms with Gasteiger partial charge in [0.1, 0.15) is 5.69 Å². The van der Waals surface area contributed by atoms with Crippen LogP contribution in [0.1, 0.15) is 35.8 Å². The highest BCUT2D eigenvalue weighted by atomic mass is 32.1. The number of fused-ring (bicyclic) bond motifs is 1. The number of aromatic nitrogens is 1. The maximum absolute atomic E-state index is 13.2. The normalized spacial score (nSPS) is 10.8. The number of anilines is 2. The number of benzene rings is 3. The summed E-state index contributed by atoms with van der Waals surface area (Å²) in [5.41, 5.74) is 2.62. The molecule has 30 heavy (non-hydrogen) atoms. The van der Waals surface area contributed by atoms with Crippen LogP contribution < -0.4 is 5.32 Å². The maximum atomic E-state index is 13.2. The molecule has 152 valence electrons. The van der Waals surface area contributed by atoms with Crippen LogP contribution in [0.25, 0.3) is 10.8 Å². The second-order valence-electron chi connectivity index (χ2n) is 7.26. The number of rotatable bonds is 8. The molecule has 0 spiro atoms. The van der Waals surface area contributed by atoms with Crippen LogP contribution in [0.3, 0.4) is 0 Å². The van der Waals surface area contributed by atoms with Crippen molar-refractivity contribution in [2.75, 3.05) is 11.9 Å². The first-order valence-electron chi connectivity index (χ1n) is 10.3. The van der Waals surface area contributed by atoms with Gasteiger partial charge in [-0.2, -0.15) is 0 Å². The summed E-state index contributed by atoms with van der Waals surface area (Å²) in [6.07, 6.45) is 2.02. The Morgan fingerprint density at radius 3 is 2.60 bits per heavy atom. The SMILES string of the molecule is CCCCN(Cc1ccccc1)C(=O)c1csc(Nc2cccc3ccccc23)n1. The first-order chi connectivity index (χ1) is 14.7. The molecule has 0 radical (unpaired) electrons. The van der Waals surface area contributed by atoms with E-state index in [-0.39, 0.29) is 5.91 Å². The van der Waals surface area contributed by atoms with Crippen LogP contribution in [0, 0.1) is 0 Å². The minimum absolute atomic E-state index is 0.0190. The van der Waals surface area contributed by atoms with Gasteiger partial charge in [0.15, 0.2) is 5.13 Å². The fourth-order valence-electron chi connectivity index (χ4n) is 3.45. The van der Waals surface area contributed by atoms with Gasteiger partial charge in [-0.15, -0.1) is 11.3 Å². The summed E-state index contributed by atoms with van der Waals surface area (Å²) in [4.78, 5) is 19.7. The van der Waals surface area contributed by atoms with E-state index < -0.39 is 0 Å². The van der Waals surface area contributed by atoms with Crippen molar-refractivity contribution in [3.8, 4) is 0 Å². The molecule has 0 saturated heterocycles. The topological polar surface area (TPSA) is 45.2 Å². The number of carbonyl (C=O) groups excluding carboxylic acids is 1. The first kappa shape index (κ1) is 20.1. The van der Waals surface area contributed by atoms with Gasteiger partial charge in [0.25, 0.3) is 5.91 Å². The van der Waals surface area contributed by atoms with E-state index in [0.29, 0.717) is 12.2 Å². The van der Waals surface area contributed by atoms with Crippen LogP contribution in [0.4, 0.5) is 10.8 Å². The number of carbonyl (C=O) groups is 1. The highest BCUT2D eigenvalue weighted by Crippen LogP contribution is 2.28. The molecule has 0 fully saturated rings. The second-order valence-corrected chi connectivity index (χ2v) is 8.11. The minimum atomic E-state index is -0.0190. The third-order valence-electron chi connectivity index (χ3n) is 5.04. The van der Waals surface area contributed by atoms with Gasteiger partial charge in [-0.1, -0.05) is 80.1 Å². The van der Waals surface area contributed by atoms with Gasteiger partial charge >= 0.3 is 0 Å². The van der Waals surface area contributed by atoms with Crippen LogP contribution in [0.5, 0.6) is 0 Å². The summed E-state index contributed by atoms with van der Waals surface area (Å²) in [5, 5.41) is 8.27. The zero-order chi connectivity index (χ0) is 20.8. The molecular weight excluding hydrogens is 390 g/mol. The lowest BCUT2D eigenvalue weighted by Gasteiger charge is -2.21. The number of nitrogens with one attached hydrogen (secondary N) is 1. The lowest BCUT2D eigenvalue weighted by molar-refractivity contribution is 0.0736. The molecule has 1 heterocycles. The first-order valence-corrected chi connectivity index (χ1v) is 11.2. The number of unbranched alkanes of at least 4 members (excludes halogenated alkanes) is 1. The van der Waals surface area contributed by atoms with Crippen LogP contribution >= 0.6 is 11.3 Å². The lowest BCUT2D eigenvalue weighted by atomic mass is 10.1. The molecule has 5 heteroatoms. The van der Waals surface area contributed by atoms with Crippen molar-refractivity contribution in [1.82, 2.24) is 9.88 Å². The maximum Gasteiger partial charge on any atom is 0.273 e. The fraction of sp³-hybridized carbons (Fsp3) is 0.200. The molecular formula is C25H25N3OS. The predicted octanol–water partition coefficient (Wildman–Crippen LogP) is 6.48. The van der Waals surface area contributed by atoms with E-state index in [1.54, 1.807) is 0 Å². The number of nitrogens with zero attached hydrogens (tertiary/aromatic N) is 2. The zero-order valence-electron chi connectivity index (χ0n) is 17.0. The second kappa shape index (κ2) is 9.55. The van der Waals surface area contributed by atoms with Crippen LogP contribution in [0.2, 0.25) is 0 Å². The van der Waals surface area contributed by atoms with Gasteiger partial charge in [-0.25, -0.2) is 4.98 Å². The molecule has 4 aromatic rings. The van der Waals surface area contributed by atoms with Gasteiger partial charge in [-0.05, 0) is 23.4 Å². The Hall–Kier alpha value is -3.18. The highest BCUT2D eigenvalue weighted by molar-refractivity contribution is 7.14. The third kappa shape index (κ3) is 4.69. The Kier molecular flexibility index (Phi) is 6.40. The van der Waals surface area contributed by atoms with Crippen molar-refractivity contribution in [3.05, 3.63) is 89.4 Å². The smallest absolute Gasteiger partial charge is 0.273 e. The number of hydrogen-bond acceptors (Lipinski definition) is 4. The Morgan fingerprint density at radius 1 is 1.00 bits per heavy atom. The van der Waals surface area contributed by atoms with E-state index in [4.69, 9.17) is 0 Å². The van der Waals surface area contributed by atoms with E-state index in [1.165, 1.54) is 16.7 Å². The standard InChI is InChI=1S/C25H25N3OS/c1-2-3-16-28(17-19-10-5-4-6-11-19)24(29)23-18-30-25(27-23)26-22-15-9-13-20-12-7-8-14-21(20)22/h4-15,18H,2-3,16-17H2,1H3,(H,26,27). The molecule has 1 N–H and O–H groups in total. The Morgan fingerprint density at radius 2 is 1.77 bits per heavy atom. The average Bonchev–Trinajstić information content (AvgIpc) is 3.25. The Balaban J connectivity index is 1.53. The summed E-state index contributed by atoms with van der Waals surface area (Å²) in [6, 6.07) is 24.5. The summed E-state index contributed by atoms with van der Waals surface area (Å²) < 4.78 is 0. The number of hydrogen-bond donors (Lipinski definition) is 1. The molecule has 0 unspecified atom stereocenters. The molecule has 1 amide bonds. The van der Waals surface area contributed by atoms with E-state index in [9.17, 15) is 4.79 Å². The number of thiazole rings is 1. The minimum Gasteiger partial charge on any atom is -0.333 e. The Labute approximate surface area is 181 Å². The zero-order valence-corrected chi connectivity index (χ0v) is 17.9. The lowest BCUT2D eigenvalue weighted by Crippen LogP contribution is -2.31. The molecule has 0 atom stereocenters. The van der Waals surface area contributed by atoms with Gasteiger partial charge in [-0.3, -0.25) is 4.79 Å². The largest absolute Gasteiger partial charge is 0.333 e. The summed E-state index contributed by atoms with van der Waals surface area (Å²) >= 11 is 1.46. The Bertz CT molecular complexity index is 1120. The van der Waals surface area contributed by atoms with Gasteiger partial charge < -0.3 is 10.2 Å². The molecule has 0 aliphatic carbocycles. The quantitative estimate of drug-likeness (QED) is 0.358. The van der Waals surface area contributed by atoms with Crippen molar-refractivity contribution in [3.63, 3.8) is 0 Å². The van der Waals surface area contributed by atoms with Crippen LogP contribution in [0.15, 0.2) is 78.2 Å². The molecule has 1 aromatic heterocycles. The summed E-state index contributed by atoms with van der Waals surface area (Å²) in [6.45, 7) is 3.47. The predicted molar refractivity (Wildman–Crippen MR) is 125 cm³/mol. The van der Waals surface area contributed by atoms with Gasteiger partial charge in [0.05, 0.1) is 0 Å². The van der Waals surface area contributed by atoms with E-state index >= 15 is 0 Å². The van der Waals surface area contributed by atoms with Crippen molar-refractivity contribution < 1.29 is 4.79 Å². The molecule has 3 aromatic carbocycles. The van der Waals surface area contributed by atoms with Crippen LogP contribution in [-0.4, -0.2) is 22.3 Å². The van der Waals surface area contributed by atoms with E-state index in [0.717, 1.165) is 41.2 Å². The molecule has 4 rings (SSSR count). The van der Waals surface area contributed by atoms with Gasteiger partial charge in [0, 0.05) is 29.5 Å². The molecule has 0 aliphatic heterocycles. The molecule has 4 nitrogen and oxygen atoms in total. The fourth-order valence-corrected chi connectivity index (χ4v) is 4.14. The van der Waals surface area contributed by atoms with E-state index in [2.05, 4.69) is 47.6 Å². The van der Waals surface area contributed by atoms with E-state index in [1.807, 2.05) is 52.7 Å². The third-order valence-corrected chi connectivity index (χ3v) is 5.80. The van der Waals surface area contributed by atoms with Crippen molar-refractivity contribution in [2.24, 2.45) is 0 Å².